The maximum Gasteiger partial charge on any atom is 0.138 e. The van der Waals surface area contributed by atoms with Gasteiger partial charge in [-0.1, -0.05) is 31.5 Å². The van der Waals surface area contributed by atoms with Crippen LogP contribution in [-0.4, -0.2) is 26.4 Å². The molecule has 0 aromatic heterocycles. The van der Waals surface area contributed by atoms with E-state index in [0.29, 0.717) is 24.3 Å². The van der Waals surface area contributed by atoms with E-state index in [4.69, 9.17) is 21.1 Å². The van der Waals surface area contributed by atoms with Gasteiger partial charge in [0.15, 0.2) is 0 Å². The smallest absolute Gasteiger partial charge is 0.138 e. The van der Waals surface area contributed by atoms with Gasteiger partial charge < -0.3 is 14.8 Å². The second-order valence-electron chi connectivity index (χ2n) is 4.50. The van der Waals surface area contributed by atoms with Crippen LogP contribution in [0.1, 0.15) is 25.8 Å². The fraction of sp³-hybridized carbons (Fsp3) is 0.571. The lowest BCUT2D eigenvalue weighted by molar-refractivity contribution is 0.172. The van der Waals surface area contributed by atoms with Crippen molar-refractivity contribution in [3.8, 4) is 5.75 Å². The molecule has 1 aromatic rings. The standard InChI is InChI=1S/C14H22ClNO2/c1-11(2)16-10-12-5-6-13(15)14(9-12)18-8-4-7-17-3/h5-6,9,11,16H,4,7-8,10H2,1-3H3. The quantitative estimate of drug-likeness (QED) is 0.736. The van der Waals surface area contributed by atoms with Gasteiger partial charge in [0.2, 0.25) is 0 Å². The SMILES string of the molecule is COCCCOc1cc(CNC(C)C)ccc1Cl. The highest BCUT2D eigenvalue weighted by atomic mass is 35.5. The molecule has 0 bridgehead atoms. The van der Waals surface area contributed by atoms with E-state index >= 15 is 0 Å². The van der Waals surface area contributed by atoms with Crippen molar-refractivity contribution in [2.75, 3.05) is 20.3 Å². The number of benzene rings is 1. The van der Waals surface area contributed by atoms with Crippen LogP contribution in [0.4, 0.5) is 0 Å². The maximum atomic E-state index is 6.10. The highest BCUT2D eigenvalue weighted by molar-refractivity contribution is 6.32. The van der Waals surface area contributed by atoms with Crippen molar-refractivity contribution >= 4 is 11.6 Å². The number of halogens is 1. The lowest BCUT2D eigenvalue weighted by Gasteiger charge is -2.12. The minimum atomic E-state index is 0.465. The average Bonchev–Trinajstić information content (AvgIpc) is 2.35. The van der Waals surface area contributed by atoms with E-state index in [9.17, 15) is 0 Å². The first-order valence-corrected chi connectivity index (χ1v) is 6.65. The monoisotopic (exact) mass is 271 g/mol. The predicted octanol–water partition coefficient (Wildman–Crippen LogP) is 3.25. The summed E-state index contributed by atoms with van der Waals surface area (Å²) in [7, 11) is 1.69. The molecule has 18 heavy (non-hydrogen) atoms. The maximum absolute atomic E-state index is 6.10. The molecular weight excluding hydrogens is 250 g/mol. The van der Waals surface area contributed by atoms with Crippen LogP contribution in [0.2, 0.25) is 5.02 Å². The van der Waals surface area contributed by atoms with Gasteiger partial charge in [-0.2, -0.15) is 0 Å². The molecule has 0 saturated heterocycles. The second kappa shape index (κ2) is 8.35. The van der Waals surface area contributed by atoms with E-state index in [1.54, 1.807) is 7.11 Å². The van der Waals surface area contributed by atoms with Crippen LogP contribution in [0.5, 0.6) is 5.75 Å². The Morgan fingerprint density at radius 1 is 1.28 bits per heavy atom. The van der Waals surface area contributed by atoms with Crippen LogP contribution in [-0.2, 0) is 11.3 Å². The van der Waals surface area contributed by atoms with Crippen LogP contribution in [0, 0.1) is 0 Å². The third kappa shape index (κ3) is 5.71. The summed E-state index contributed by atoms with van der Waals surface area (Å²) < 4.78 is 10.6. The Morgan fingerprint density at radius 3 is 2.72 bits per heavy atom. The molecule has 0 spiro atoms. The molecule has 102 valence electrons. The van der Waals surface area contributed by atoms with Gasteiger partial charge in [0.25, 0.3) is 0 Å². The minimum Gasteiger partial charge on any atom is -0.492 e. The first kappa shape index (κ1) is 15.3. The van der Waals surface area contributed by atoms with Crippen molar-refractivity contribution < 1.29 is 9.47 Å². The molecule has 0 heterocycles. The average molecular weight is 272 g/mol. The summed E-state index contributed by atoms with van der Waals surface area (Å²) in [6, 6.07) is 6.35. The Balaban J connectivity index is 2.52. The first-order chi connectivity index (χ1) is 8.63. The number of rotatable bonds is 8. The Morgan fingerprint density at radius 2 is 2.06 bits per heavy atom. The van der Waals surface area contributed by atoms with Crippen LogP contribution < -0.4 is 10.1 Å². The van der Waals surface area contributed by atoms with E-state index in [1.165, 1.54) is 5.56 Å². The van der Waals surface area contributed by atoms with E-state index in [1.807, 2.05) is 18.2 Å². The second-order valence-corrected chi connectivity index (χ2v) is 4.90. The molecule has 0 saturated carbocycles. The normalized spacial score (nSPS) is 10.9. The number of nitrogens with one attached hydrogen (secondary N) is 1. The van der Waals surface area contributed by atoms with Gasteiger partial charge in [0.05, 0.1) is 11.6 Å². The lowest BCUT2D eigenvalue weighted by Crippen LogP contribution is -2.21. The van der Waals surface area contributed by atoms with Gasteiger partial charge in [0, 0.05) is 32.7 Å². The highest BCUT2D eigenvalue weighted by Crippen LogP contribution is 2.25. The molecule has 0 fully saturated rings. The molecule has 0 atom stereocenters. The molecule has 0 aliphatic carbocycles. The highest BCUT2D eigenvalue weighted by Gasteiger charge is 2.04. The molecule has 0 aliphatic rings. The zero-order valence-corrected chi connectivity index (χ0v) is 12.1. The topological polar surface area (TPSA) is 30.5 Å². The summed E-state index contributed by atoms with van der Waals surface area (Å²) in [5.41, 5.74) is 1.18. The Labute approximate surface area is 114 Å². The summed E-state index contributed by atoms with van der Waals surface area (Å²) in [4.78, 5) is 0. The number of ether oxygens (including phenoxy) is 2. The molecule has 0 aliphatic heterocycles. The molecule has 1 aromatic carbocycles. The van der Waals surface area contributed by atoms with Crippen molar-refractivity contribution in [2.45, 2.75) is 32.9 Å². The van der Waals surface area contributed by atoms with Crippen molar-refractivity contribution in [1.29, 1.82) is 0 Å². The first-order valence-electron chi connectivity index (χ1n) is 6.27. The Hall–Kier alpha value is -0.770. The molecule has 4 heteroatoms. The molecule has 0 radical (unpaired) electrons. The van der Waals surface area contributed by atoms with E-state index < -0.39 is 0 Å². The van der Waals surface area contributed by atoms with Gasteiger partial charge in [0.1, 0.15) is 5.75 Å². The van der Waals surface area contributed by atoms with E-state index in [2.05, 4.69) is 19.2 Å². The van der Waals surface area contributed by atoms with Crippen molar-refractivity contribution in [1.82, 2.24) is 5.32 Å². The summed E-state index contributed by atoms with van der Waals surface area (Å²) in [5, 5.41) is 4.02. The summed E-state index contributed by atoms with van der Waals surface area (Å²) in [6.07, 6.45) is 0.862. The predicted molar refractivity (Wildman–Crippen MR) is 75.4 cm³/mol. The fourth-order valence-electron chi connectivity index (χ4n) is 1.48. The lowest BCUT2D eigenvalue weighted by atomic mass is 10.2. The molecule has 1 N–H and O–H groups in total. The zero-order chi connectivity index (χ0) is 13.4. The molecular formula is C14H22ClNO2. The summed E-state index contributed by atoms with van der Waals surface area (Å²) in [6.45, 7) is 6.39. The van der Waals surface area contributed by atoms with Crippen molar-refractivity contribution in [3.05, 3.63) is 28.8 Å². The summed E-state index contributed by atoms with van der Waals surface area (Å²) in [5.74, 6) is 0.746. The Bertz CT molecular complexity index is 356. The van der Waals surface area contributed by atoms with Crippen LogP contribution in [0.15, 0.2) is 18.2 Å². The molecule has 1 rings (SSSR count). The zero-order valence-electron chi connectivity index (χ0n) is 11.3. The van der Waals surface area contributed by atoms with E-state index in [0.717, 1.165) is 18.7 Å². The van der Waals surface area contributed by atoms with Crippen LogP contribution >= 0.6 is 11.6 Å². The van der Waals surface area contributed by atoms with Crippen molar-refractivity contribution in [3.63, 3.8) is 0 Å². The van der Waals surface area contributed by atoms with Gasteiger partial charge >= 0.3 is 0 Å². The van der Waals surface area contributed by atoms with E-state index in [-0.39, 0.29) is 0 Å². The van der Waals surface area contributed by atoms with Crippen LogP contribution in [0.25, 0.3) is 0 Å². The van der Waals surface area contributed by atoms with Crippen molar-refractivity contribution in [2.24, 2.45) is 0 Å². The van der Waals surface area contributed by atoms with Crippen LogP contribution in [0.3, 0.4) is 0 Å². The number of hydrogen-bond donors (Lipinski definition) is 1. The third-order valence-corrected chi connectivity index (χ3v) is 2.77. The fourth-order valence-corrected chi connectivity index (χ4v) is 1.65. The minimum absolute atomic E-state index is 0.465. The third-order valence-electron chi connectivity index (χ3n) is 2.46. The summed E-state index contributed by atoms with van der Waals surface area (Å²) >= 11 is 6.10. The molecule has 0 unspecified atom stereocenters. The van der Waals surface area contributed by atoms with Gasteiger partial charge in [-0.05, 0) is 17.7 Å². The van der Waals surface area contributed by atoms with Gasteiger partial charge in [-0.25, -0.2) is 0 Å². The Kier molecular flexibility index (Phi) is 7.09. The molecule has 0 amide bonds. The number of hydrogen-bond acceptors (Lipinski definition) is 3. The number of methoxy groups -OCH3 is 1. The molecule has 3 nitrogen and oxygen atoms in total. The van der Waals surface area contributed by atoms with Gasteiger partial charge in [-0.3, -0.25) is 0 Å². The van der Waals surface area contributed by atoms with Gasteiger partial charge in [-0.15, -0.1) is 0 Å². The largest absolute Gasteiger partial charge is 0.492 e.